The quantitative estimate of drug-likeness (QED) is 0.847. The molecule has 0 bridgehead atoms. The highest BCUT2D eigenvalue weighted by Crippen LogP contribution is 2.12. The van der Waals surface area contributed by atoms with Gasteiger partial charge in [-0.3, -0.25) is 0 Å². The van der Waals surface area contributed by atoms with Crippen molar-refractivity contribution >= 4 is 6.03 Å². The molecule has 1 rings (SSSR count). The number of urea groups is 1. The minimum Gasteiger partial charge on any atom is -0.394 e. The van der Waals surface area contributed by atoms with Gasteiger partial charge in [0.05, 0.1) is 12.6 Å². The molecule has 2 amide bonds. The third-order valence-corrected chi connectivity index (χ3v) is 3.73. The van der Waals surface area contributed by atoms with Gasteiger partial charge in [-0.1, -0.05) is 26.0 Å². The Hall–Kier alpha value is -1.62. The summed E-state index contributed by atoms with van der Waals surface area (Å²) < 4.78 is 12.9. The van der Waals surface area contributed by atoms with Crippen LogP contribution in [0.1, 0.15) is 26.3 Å². The zero-order chi connectivity index (χ0) is 16.0. The van der Waals surface area contributed by atoms with Crippen LogP contribution in [0.3, 0.4) is 0 Å². The Morgan fingerprint density at radius 2 is 1.86 bits per heavy atom. The van der Waals surface area contributed by atoms with Crippen molar-refractivity contribution in [3.8, 4) is 0 Å². The van der Waals surface area contributed by atoms with Gasteiger partial charge in [-0.15, -0.1) is 0 Å². The summed E-state index contributed by atoms with van der Waals surface area (Å²) in [6.45, 7) is 5.77. The first-order valence-corrected chi connectivity index (χ1v) is 7.23. The molecule has 0 radical (unpaired) electrons. The maximum Gasteiger partial charge on any atom is 0.317 e. The van der Waals surface area contributed by atoms with Gasteiger partial charge in [0.15, 0.2) is 0 Å². The zero-order valence-corrected chi connectivity index (χ0v) is 13.1. The molecule has 0 saturated heterocycles. The second-order valence-corrected chi connectivity index (χ2v) is 5.77. The molecule has 1 aromatic rings. The first-order chi connectivity index (χ1) is 9.85. The Kier molecular flexibility index (Phi) is 6.62. The summed E-state index contributed by atoms with van der Waals surface area (Å²) in [5.74, 6) is -0.0165. The lowest BCUT2D eigenvalue weighted by molar-refractivity contribution is 0.152. The number of benzene rings is 1. The van der Waals surface area contributed by atoms with Gasteiger partial charge in [-0.2, -0.15) is 0 Å². The van der Waals surface area contributed by atoms with Crippen molar-refractivity contribution in [1.29, 1.82) is 0 Å². The van der Waals surface area contributed by atoms with Crippen molar-refractivity contribution in [1.82, 2.24) is 10.2 Å². The van der Waals surface area contributed by atoms with Crippen molar-refractivity contribution in [3.05, 3.63) is 35.6 Å². The molecule has 2 unspecified atom stereocenters. The van der Waals surface area contributed by atoms with Crippen LogP contribution in [0.25, 0.3) is 0 Å². The molecule has 4 nitrogen and oxygen atoms in total. The molecule has 0 aliphatic carbocycles. The summed E-state index contributed by atoms with van der Waals surface area (Å²) in [5, 5.41) is 12.1. The van der Waals surface area contributed by atoms with Gasteiger partial charge in [0.25, 0.3) is 0 Å². The van der Waals surface area contributed by atoms with Crippen LogP contribution in [0.4, 0.5) is 9.18 Å². The van der Waals surface area contributed by atoms with Crippen molar-refractivity contribution in [2.24, 2.45) is 5.92 Å². The van der Waals surface area contributed by atoms with Crippen molar-refractivity contribution < 1.29 is 14.3 Å². The molecule has 5 heteroatoms. The number of carbonyl (C=O) groups excluding carboxylic acids is 1. The van der Waals surface area contributed by atoms with Crippen molar-refractivity contribution in [2.45, 2.75) is 39.3 Å². The fourth-order valence-corrected chi connectivity index (χ4v) is 1.91. The fourth-order valence-electron chi connectivity index (χ4n) is 1.91. The second-order valence-electron chi connectivity index (χ2n) is 5.77. The summed E-state index contributed by atoms with van der Waals surface area (Å²) in [5.41, 5.74) is 0.980. The van der Waals surface area contributed by atoms with Gasteiger partial charge >= 0.3 is 6.03 Å². The maximum atomic E-state index is 12.9. The summed E-state index contributed by atoms with van der Waals surface area (Å²) in [7, 11) is 1.66. The van der Waals surface area contributed by atoms with Gasteiger partial charge in [-0.25, -0.2) is 9.18 Å². The highest BCUT2D eigenvalue weighted by Gasteiger charge is 2.21. The molecule has 0 saturated carbocycles. The number of nitrogens with zero attached hydrogens (tertiary/aromatic N) is 1. The minimum absolute atomic E-state index is 0.0451. The monoisotopic (exact) mass is 296 g/mol. The van der Waals surface area contributed by atoms with E-state index in [1.807, 2.05) is 13.8 Å². The lowest BCUT2D eigenvalue weighted by atomic mass is 9.96. The maximum absolute atomic E-state index is 12.9. The molecule has 21 heavy (non-hydrogen) atoms. The molecular weight excluding hydrogens is 271 g/mol. The smallest absolute Gasteiger partial charge is 0.317 e. The van der Waals surface area contributed by atoms with Crippen LogP contribution < -0.4 is 5.32 Å². The third-order valence-electron chi connectivity index (χ3n) is 3.73. The average molecular weight is 296 g/mol. The highest BCUT2D eigenvalue weighted by atomic mass is 19.1. The molecule has 1 aromatic carbocycles. The molecule has 0 aliphatic heterocycles. The first kappa shape index (κ1) is 17.4. The molecule has 2 N–H and O–H groups in total. The highest BCUT2D eigenvalue weighted by molar-refractivity contribution is 5.74. The molecule has 0 fully saturated rings. The molecule has 118 valence electrons. The summed E-state index contributed by atoms with van der Waals surface area (Å²) >= 11 is 0. The standard InChI is InChI=1S/C16H25FN2O2/c1-11(2)15(9-13-5-7-14(17)8-6-13)18-16(21)19(4)12(3)10-20/h5-8,11-12,15,20H,9-10H2,1-4H3,(H,18,21). The Morgan fingerprint density at radius 1 is 1.29 bits per heavy atom. The summed E-state index contributed by atoms with van der Waals surface area (Å²) in [6, 6.07) is 5.83. The van der Waals surface area contributed by atoms with Crippen LogP contribution >= 0.6 is 0 Å². The van der Waals surface area contributed by atoms with Crippen molar-refractivity contribution in [2.75, 3.05) is 13.7 Å². The van der Waals surface area contributed by atoms with Gasteiger partial charge in [0.1, 0.15) is 5.82 Å². The topological polar surface area (TPSA) is 52.6 Å². The molecule has 2 atom stereocenters. The van der Waals surface area contributed by atoms with E-state index in [2.05, 4.69) is 5.32 Å². The molecule has 0 aromatic heterocycles. The lowest BCUT2D eigenvalue weighted by Gasteiger charge is -2.29. The second kappa shape index (κ2) is 7.98. The average Bonchev–Trinajstić information content (AvgIpc) is 2.46. The third kappa shape index (κ3) is 5.34. The fraction of sp³-hybridized carbons (Fsp3) is 0.562. The van der Waals surface area contributed by atoms with E-state index in [9.17, 15) is 9.18 Å². The van der Waals surface area contributed by atoms with E-state index in [0.29, 0.717) is 6.42 Å². The number of aliphatic hydroxyl groups is 1. The normalized spacial score (nSPS) is 13.9. The minimum atomic E-state index is -0.264. The van der Waals surface area contributed by atoms with Crippen LogP contribution in [0.15, 0.2) is 24.3 Å². The number of halogens is 1. The predicted octanol–water partition coefficient (Wildman–Crippen LogP) is 2.42. The van der Waals surface area contributed by atoms with Crippen LogP contribution in [0, 0.1) is 11.7 Å². The number of hydrogen-bond acceptors (Lipinski definition) is 2. The molecule has 0 spiro atoms. The molecule has 0 aliphatic rings. The van der Waals surface area contributed by atoms with Gasteiger partial charge in [-0.05, 0) is 37.0 Å². The Morgan fingerprint density at radius 3 is 2.33 bits per heavy atom. The molecular formula is C16H25FN2O2. The van der Waals surface area contributed by atoms with Crippen LogP contribution in [0.2, 0.25) is 0 Å². The Bertz CT molecular complexity index is 448. The van der Waals surface area contributed by atoms with Crippen LogP contribution in [-0.4, -0.2) is 41.8 Å². The SMILES string of the molecule is CC(C)C(Cc1ccc(F)cc1)NC(=O)N(C)C(C)CO. The number of hydrogen-bond donors (Lipinski definition) is 2. The van der Waals surface area contributed by atoms with Gasteiger partial charge in [0.2, 0.25) is 0 Å². The predicted molar refractivity (Wildman–Crippen MR) is 81.6 cm³/mol. The van der Waals surface area contributed by atoms with Gasteiger partial charge < -0.3 is 15.3 Å². The van der Waals surface area contributed by atoms with E-state index in [0.717, 1.165) is 5.56 Å². The van der Waals surface area contributed by atoms with Crippen LogP contribution in [0.5, 0.6) is 0 Å². The van der Waals surface area contributed by atoms with E-state index in [4.69, 9.17) is 5.11 Å². The Balaban J connectivity index is 2.69. The van der Waals surface area contributed by atoms with E-state index < -0.39 is 0 Å². The van der Waals surface area contributed by atoms with E-state index >= 15 is 0 Å². The number of likely N-dealkylation sites (N-methyl/N-ethyl adjacent to an activating group) is 1. The summed E-state index contributed by atoms with van der Waals surface area (Å²) in [6.07, 6.45) is 0.644. The number of rotatable bonds is 6. The molecule has 0 heterocycles. The largest absolute Gasteiger partial charge is 0.394 e. The van der Waals surface area contributed by atoms with Gasteiger partial charge in [0, 0.05) is 13.1 Å². The van der Waals surface area contributed by atoms with E-state index in [1.54, 1.807) is 26.1 Å². The lowest BCUT2D eigenvalue weighted by Crippen LogP contribution is -2.49. The number of amides is 2. The summed E-state index contributed by atoms with van der Waals surface area (Å²) in [4.78, 5) is 13.6. The Labute approximate surface area is 126 Å². The van der Waals surface area contributed by atoms with Crippen molar-refractivity contribution in [3.63, 3.8) is 0 Å². The first-order valence-electron chi connectivity index (χ1n) is 7.23. The number of aliphatic hydroxyl groups excluding tert-OH is 1. The number of nitrogens with one attached hydrogen (secondary N) is 1. The zero-order valence-electron chi connectivity index (χ0n) is 13.1. The van der Waals surface area contributed by atoms with E-state index in [-0.39, 0.29) is 36.5 Å². The van der Waals surface area contributed by atoms with Crippen LogP contribution in [-0.2, 0) is 6.42 Å². The van der Waals surface area contributed by atoms with E-state index in [1.165, 1.54) is 17.0 Å². The number of carbonyl (C=O) groups is 1.